The minimum absolute atomic E-state index is 0.578. The Labute approximate surface area is 121 Å². The number of benzene rings is 1. The van der Waals surface area contributed by atoms with Crippen LogP contribution in [0.4, 0.5) is 5.69 Å². The average Bonchev–Trinajstić information content (AvgIpc) is 2.40. The molecule has 2 aliphatic heterocycles. The first-order valence-corrected chi connectivity index (χ1v) is 7.66. The van der Waals surface area contributed by atoms with Crippen molar-refractivity contribution in [2.75, 3.05) is 12.4 Å². The molecule has 20 heavy (non-hydrogen) atoms. The fraction of sp³-hybridized carbons (Fsp3) is 0.588. The van der Waals surface area contributed by atoms with Gasteiger partial charge in [0.2, 0.25) is 0 Å². The van der Waals surface area contributed by atoms with Gasteiger partial charge in [0.1, 0.15) is 0 Å². The van der Waals surface area contributed by atoms with Gasteiger partial charge >= 0.3 is 0 Å². The van der Waals surface area contributed by atoms with Crippen LogP contribution in [0.5, 0.6) is 0 Å². The number of aryl methyl sites for hydroxylation is 1. The van der Waals surface area contributed by atoms with Crippen molar-refractivity contribution >= 4 is 5.69 Å². The third-order valence-corrected chi connectivity index (χ3v) is 5.06. The Morgan fingerprint density at radius 1 is 1.25 bits per heavy atom. The highest BCUT2D eigenvalue weighted by molar-refractivity contribution is 5.52. The van der Waals surface area contributed by atoms with Gasteiger partial charge in [-0.3, -0.25) is 0 Å². The third kappa shape index (κ3) is 2.53. The second-order valence-electron chi connectivity index (χ2n) is 6.36. The Morgan fingerprint density at radius 2 is 1.95 bits per heavy atom. The molecule has 2 saturated heterocycles. The molecule has 3 heteroatoms. The van der Waals surface area contributed by atoms with Gasteiger partial charge in [-0.25, -0.2) is 0 Å². The number of nitriles is 1. The third-order valence-electron chi connectivity index (χ3n) is 5.06. The van der Waals surface area contributed by atoms with Crippen LogP contribution in [0.3, 0.4) is 0 Å². The Hall–Kier alpha value is -1.53. The molecular formula is C17H23N3. The van der Waals surface area contributed by atoms with Crippen molar-refractivity contribution in [1.82, 2.24) is 4.90 Å². The predicted molar refractivity (Wildman–Crippen MR) is 81.7 cm³/mol. The van der Waals surface area contributed by atoms with Crippen molar-refractivity contribution < 1.29 is 0 Å². The van der Waals surface area contributed by atoms with Crippen molar-refractivity contribution in [2.45, 2.75) is 57.2 Å². The number of nitrogens with one attached hydrogen (secondary N) is 1. The van der Waals surface area contributed by atoms with Crippen LogP contribution in [-0.4, -0.2) is 30.1 Å². The zero-order chi connectivity index (χ0) is 14.1. The second-order valence-corrected chi connectivity index (χ2v) is 6.36. The van der Waals surface area contributed by atoms with Crippen molar-refractivity contribution in [3.8, 4) is 6.07 Å². The minimum Gasteiger partial charge on any atom is -0.382 e. The molecule has 0 saturated carbocycles. The van der Waals surface area contributed by atoms with E-state index in [-0.39, 0.29) is 0 Å². The van der Waals surface area contributed by atoms with Gasteiger partial charge in [-0.15, -0.1) is 0 Å². The van der Waals surface area contributed by atoms with Gasteiger partial charge in [0.05, 0.1) is 11.6 Å². The molecule has 0 aromatic heterocycles. The maximum absolute atomic E-state index is 8.99. The van der Waals surface area contributed by atoms with Crippen LogP contribution >= 0.6 is 0 Å². The molecule has 0 amide bonds. The van der Waals surface area contributed by atoms with E-state index in [9.17, 15) is 0 Å². The zero-order valence-corrected chi connectivity index (χ0v) is 12.4. The monoisotopic (exact) mass is 269 g/mol. The molecule has 0 radical (unpaired) electrons. The molecule has 1 N–H and O–H groups in total. The number of fused-ring (bicyclic) bond motifs is 2. The molecule has 2 fully saturated rings. The van der Waals surface area contributed by atoms with Gasteiger partial charge in [0.25, 0.3) is 0 Å². The summed E-state index contributed by atoms with van der Waals surface area (Å²) in [6.07, 6.45) is 6.57. The van der Waals surface area contributed by atoms with Crippen molar-refractivity contribution in [1.29, 1.82) is 5.26 Å². The number of anilines is 1. The summed E-state index contributed by atoms with van der Waals surface area (Å²) in [6, 6.07) is 10.4. The van der Waals surface area contributed by atoms with Gasteiger partial charge in [-0.1, -0.05) is 6.42 Å². The number of rotatable bonds is 2. The lowest BCUT2D eigenvalue weighted by Gasteiger charge is -2.47. The molecule has 0 spiro atoms. The summed E-state index contributed by atoms with van der Waals surface area (Å²) in [6.45, 7) is 2.01. The van der Waals surface area contributed by atoms with Crippen LogP contribution in [0.15, 0.2) is 18.2 Å². The predicted octanol–water partition coefficient (Wildman–Crippen LogP) is 3.29. The molecule has 106 valence electrons. The first-order valence-electron chi connectivity index (χ1n) is 7.66. The molecule has 2 atom stereocenters. The maximum Gasteiger partial charge on any atom is 0.0994 e. The number of hydrogen-bond donors (Lipinski definition) is 1. The van der Waals surface area contributed by atoms with Gasteiger partial charge < -0.3 is 10.2 Å². The van der Waals surface area contributed by atoms with Crippen molar-refractivity contribution in [2.24, 2.45) is 0 Å². The highest BCUT2D eigenvalue weighted by atomic mass is 15.2. The van der Waals surface area contributed by atoms with E-state index in [0.717, 1.165) is 28.9 Å². The highest BCUT2D eigenvalue weighted by Crippen LogP contribution is 2.34. The summed E-state index contributed by atoms with van der Waals surface area (Å²) in [4.78, 5) is 2.59. The Balaban J connectivity index is 1.70. The molecular weight excluding hydrogens is 246 g/mol. The fourth-order valence-electron chi connectivity index (χ4n) is 3.85. The van der Waals surface area contributed by atoms with Gasteiger partial charge in [0, 0.05) is 23.8 Å². The van der Waals surface area contributed by atoms with Crippen LogP contribution < -0.4 is 5.32 Å². The highest BCUT2D eigenvalue weighted by Gasteiger charge is 2.35. The molecule has 2 aliphatic rings. The van der Waals surface area contributed by atoms with E-state index in [1.165, 1.54) is 32.1 Å². The van der Waals surface area contributed by atoms with E-state index in [2.05, 4.69) is 29.4 Å². The van der Waals surface area contributed by atoms with Crippen LogP contribution in [-0.2, 0) is 0 Å². The molecule has 2 bridgehead atoms. The molecule has 1 aromatic carbocycles. The van der Waals surface area contributed by atoms with Crippen LogP contribution in [0.25, 0.3) is 0 Å². The summed E-state index contributed by atoms with van der Waals surface area (Å²) in [5, 5.41) is 12.7. The summed E-state index contributed by atoms with van der Waals surface area (Å²) in [5.41, 5.74) is 3.00. The number of nitrogens with zero attached hydrogens (tertiary/aromatic N) is 2. The summed E-state index contributed by atoms with van der Waals surface area (Å²) in [5.74, 6) is 0. The Kier molecular flexibility index (Phi) is 3.67. The van der Waals surface area contributed by atoms with E-state index >= 15 is 0 Å². The lowest BCUT2D eigenvalue weighted by Crippen LogP contribution is -2.52. The van der Waals surface area contributed by atoms with E-state index in [0.29, 0.717) is 6.04 Å². The van der Waals surface area contributed by atoms with Crippen LogP contribution in [0, 0.1) is 18.3 Å². The second kappa shape index (κ2) is 5.46. The molecule has 0 aliphatic carbocycles. The fourth-order valence-corrected chi connectivity index (χ4v) is 3.85. The Bertz CT molecular complexity index is 518. The minimum atomic E-state index is 0.578. The normalized spacial score (nSPS) is 29.8. The topological polar surface area (TPSA) is 39.1 Å². The van der Waals surface area contributed by atoms with E-state index in [1.807, 2.05) is 19.1 Å². The van der Waals surface area contributed by atoms with Crippen LogP contribution in [0.2, 0.25) is 0 Å². The number of hydrogen-bond acceptors (Lipinski definition) is 3. The standard InChI is InChI=1S/C17H23N3/c1-12-8-14(7-6-13(12)11-18)19-15-9-16-4-3-5-17(10-15)20(16)2/h6-8,15-17,19H,3-5,9-10H2,1-2H3. The number of piperidine rings is 2. The molecule has 1 aromatic rings. The maximum atomic E-state index is 8.99. The zero-order valence-electron chi connectivity index (χ0n) is 12.4. The first-order chi connectivity index (χ1) is 9.67. The van der Waals surface area contributed by atoms with Crippen LogP contribution in [0.1, 0.15) is 43.2 Å². The lowest BCUT2D eigenvalue weighted by molar-refractivity contribution is 0.0608. The van der Waals surface area contributed by atoms with E-state index in [1.54, 1.807) is 0 Å². The molecule has 2 unspecified atom stereocenters. The first kappa shape index (κ1) is 13.5. The molecule has 3 rings (SSSR count). The van der Waals surface area contributed by atoms with Crippen molar-refractivity contribution in [3.63, 3.8) is 0 Å². The lowest BCUT2D eigenvalue weighted by atomic mass is 9.82. The van der Waals surface area contributed by atoms with E-state index < -0.39 is 0 Å². The Morgan fingerprint density at radius 3 is 2.55 bits per heavy atom. The van der Waals surface area contributed by atoms with Gasteiger partial charge in [-0.2, -0.15) is 5.26 Å². The molecule has 3 nitrogen and oxygen atoms in total. The summed E-state index contributed by atoms with van der Waals surface area (Å²) in [7, 11) is 2.29. The smallest absolute Gasteiger partial charge is 0.0994 e. The largest absolute Gasteiger partial charge is 0.382 e. The van der Waals surface area contributed by atoms with Gasteiger partial charge in [0.15, 0.2) is 0 Å². The SMILES string of the molecule is Cc1cc(NC2CC3CCCC(C2)N3C)ccc1C#N. The quantitative estimate of drug-likeness (QED) is 0.895. The summed E-state index contributed by atoms with van der Waals surface area (Å²) >= 11 is 0. The van der Waals surface area contributed by atoms with Gasteiger partial charge in [-0.05, 0) is 63.4 Å². The van der Waals surface area contributed by atoms with Crippen molar-refractivity contribution in [3.05, 3.63) is 29.3 Å². The molecule has 2 heterocycles. The average molecular weight is 269 g/mol. The van der Waals surface area contributed by atoms with E-state index in [4.69, 9.17) is 5.26 Å². The summed E-state index contributed by atoms with van der Waals surface area (Å²) < 4.78 is 0.